The first-order chi connectivity index (χ1) is 10.1. The molecule has 2 aromatic rings. The van der Waals surface area contributed by atoms with Gasteiger partial charge in [0.05, 0.1) is 15.2 Å². The van der Waals surface area contributed by atoms with Crippen molar-refractivity contribution in [3.8, 4) is 0 Å². The molecule has 2 N–H and O–H groups in total. The van der Waals surface area contributed by atoms with E-state index in [1.54, 1.807) is 0 Å². The molecule has 6 heteroatoms. The van der Waals surface area contributed by atoms with Crippen LogP contribution in [0.4, 0.5) is 17.3 Å². The number of hydrogen-bond acceptors (Lipinski definition) is 4. The highest BCUT2D eigenvalue weighted by Gasteiger charge is 2.28. The van der Waals surface area contributed by atoms with Gasteiger partial charge in [-0.1, -0.05) is 17.7 Å². The Morgan fingerprint density at radius 1 is 1.24 bits per heavy atom. The second-order valence-electron chi connectivity index (χ2n) is 5.15. The topological polar surface area (TPSA) is 49.8 Å². The SMILES string of the molecule is CNc1nc(C2CC2)nc(Nc2cccc(Cl)c2Br)c1C. The largest absolute Gasteiger partial charge is 0.373 e. The van der Waals surface area contributed by atoms with Crippen LogP contribution in [0.5, 0.6) is 0 Å². The second-order valence-corrected chi connectivity index (χ2v) is 6.35. The highest BCUT2D eigenvalue weighted by atomic mass is 79.9. The van der Waals surface area contributed by atoms with Crippen molar-refractivity contribution in [2.45, 2.75) is 25.7 Å². The summed E-state index contributed by atoms with van der Waals surface area (Å²) in [5.74, 6) is 3.10. The summed E-state index contributed by atoms with van der Waals surface area (Å²) >= 11 is 9.64. The summed E-state index contributed by atoms with van der Waals surface area (Å²) in [6.45, 7) is 2.00. The number of halogens is 2. The molecular weight excluding hydrogens is 352 g/mol. The summed E-state index contributed by atoms with van der Waals surface area (Å²) in [6, 6.07) is 5.72. The van der Waals surface area contributed by atoms with Crippen molar-refractivity contribution in [1.82, 2.24) is 9.97 Å². The number of hydrogen-bond donors (Lipinski definition) is 2. The van der Waals surface area contributed by atoms with Gasteiger partial charge in [0.2, 0.25) is 0 Å². The van der Waals surface area contributed by atoms with Crippen LogP contribution in [0, 0.1) is 6.92 Å². The Morgan fingerprint density at radius 2 is 1.95 bits per heavy atom. The third-order valence-corrected chi connectivity index (χ3v) is 4.94. The Bertz CT molecular complexity index is 686. The summed E-state index contributed by atoms with van der Waals surface area (Å²) in [7, 11) is 1.88. The zero-order valence-corrected chi connectivity index (χ0v) is 14.2. The third-order valence-electron chi connectivity index (χ3n) is 3.55. The van der Waals surface area contributed by atoms with Crippen molar-refractivity contribution in [2.75, 3.05) is 17.7 Å². The van der Waals surface area contributed by atoms with Gasteiger partial charge in [-0.2, -0.15) is 0 Å². The minimum absolute atomic E-state index is 0.501. The van der Waals surface area contributed by atoms with Gasteiger partial charge in [-0.3, -0.25) is 0 Å². The minimum atomic E-state index is 0.501. The molecule has 4 nitrogen and oxygen atoms in total. The summed E-state index contributed by atoms with van der Waals surface area (Å²) in [6.07, 6.45) is 2.35. The molecule has 3 rings (SSSR count). The number of nitrogens with one attached hydrogen (secondary N) is 2. The molecule has 0 amide bonds. The molecular formula is C15H16BrClN4. The molecule has 110 valence electrons. The number of benzene rings is 1. The van der Waals surface area contributed by atoms with Gasteiger partial charge in [0, 0.05) is 18.5 Å². The highest BCUT2D eigenvalue weighted by Crippen LogP contribution is 2.40. The van der Waals surface area contributed by atoms with Crippen molar-refractivity contribution >= 4 is 44.9 Å². The quantitative estimate of drug-likeness (QED) is 0.810. The first-order valence-corrected chi connectivity index (χ1v) is 8.04. The maximum absolute atomic E-state index is 6.14. The molecule has 0 radical (unpaired) electrons. The summed E-state index contributed by atoms with van der Waals surface area (Å²) < 4.78 is 0.837. The minimum Gasteiger partial charge on any atom is -0.373 e. The predicted molar refractivity (Wildman–Crippen MR) is 90.7 cm³/mol. The fourth-order valence-electron chi connectivity index (χ4n) is 2.15. The number of nitrogens with zero attached hydrogens (tertiary/aromatic N) is 2. The van der Waals surface area contributed by atoms with Gasteiger partial charge in [-0.15, -0.1) is 0 Å². The molecule has 0 aliphatic heterocycles. The predicted octanol–water partition coefficient (Wildman–Crippen LogP) is 4.86. The van der Waals surface area contributed by atoms with Gasteiger partial charge in [0.15, 0.2) is 0 Å². The van der Waals surface area contributed by atoms with E-state index in [1.165, 1.54) is 12.8 Å². The van der Waals surface area contributed by atoms with Crippen LogP contribution in [0.2, 0.25) is 5.02 Å². The molecule has 1 aliphatic rings. The van der Waals surface area contributed by atoms with Crippen LogP contribution in [0.1, 0.15) is 30.1 Å². The average Bonchev–Trinajstić information content (AvgIpc) is 3.30. The lowest BCUT2D eigenvalue weighted by molar-refractivity contribution is 0.923. The molecule has 21 heavy (non-hydrogen) atoms. The van der Waals surface area contributed by atoms with Gasteiger partial charge in [-0.05, 0) is 47.8 Å². The van der Waals surface area contributed by atoms with E-state index >= 15 is 0 Å². The molecule has 1 aromatic carbocycles. The van der Waals surface area contributed by atoms with Gasteiger partial charge in [0.1, 0.15) is 17.5 Å². The lowest BCUT2D eigenvalue weighted by Crippen LogP contribution is -2.07. The van der Waals surface area contributed by atoms with Crippen LogP contribution in [0.25, 0.3) is 0 Å². The fraction of sp³-hybridized carbons (Fsp3) is 0.333. The second kappa shape index (κ2) is 5.81. The van der Waals surface area contributed by atoms with E-state index in [0.717, 1.165) is 33.2 Å². The average molecular weight is 368 g/mol. The van der Waals surface area contributed by atoms with E-state index in [2.05, 4.69) is 36.5 Å². The molecule has 0 unspecified atom stereocenters. The van der Waals surface area contributed by atoms with Crippen LogP contribution < -0.4 is 10.6 Å². The molecule has 0 bridgehead atoms. The molecule has 0 saturated heterocycles. The van der Waals surface area contributed by atoms with Gasteiger partial charge < -0.3 is 10.6 Å². The van der Waals surface area contributed by atoms with Crippen LogP contribution in [-0.2, 0) is 0 Å². The van der Waals surface area contributed by atoms with E-state index in [9.17, 15) is 0 Å². The van der Waals surface area contributed by atoms with Crippen LogP contribution >= 0.6 is 27.5 Å². The molecule has 1 aromatic heterocycles. The lowest BCUT2D eigenvalue weighted by Gasteiger charge is -2.15. The monoisotopic (exact) mass is 366 g/mol. The van der Waals surface area contributed by atoms with Gasteiger partial charge >= 0.3 is 0 Å². The molecule has 1 saturated carbocycles. The van der Waals surface area contributed by atoms with E-state index in [4.69, 9.17) is 11.6 Å². The molecule has 1 fully saturated rings. The third kappa shape index (κ3) is 2.99. The van der Waals surface area contributed by atoms with Gasteiger partial charge in [0.25, 0.3) is 0 Å². The first kappa shape index (κ1) is 14.6. The Balaban J connectivity index is 2.01. The Hall–Kier alpha value is -1.33. The van der Waals surface area contributed by atoms with Crippen molar-refractivity contribution in [2.24, 2.45) is 0 Å². The Labute approximate surface area is 137 Å². The normalized spacial score (nSPS) is 14.1. The van der Waals surface area contributed by atoms with Crippen molar-refractivity contribution in [3.63, 3.8) is 0 Å². The lowest BCUT2D eigenvalue weighted by atomic mass is 10.2. The van der Waals surface area contributed by atoms with E-state index < -0.39 is 0 Å². The number of aromatic nitrogens is 2. The zero-order valence-electron chi connectivity index (χ0n) is 11.9. The molecule has 0 spiro atoms. The first-order valence-electron chi connectivity index (χ1n) is 6.87. The number of anilines is 3. The maximum Gasteiger partial charge on any atom is 0.139 e. The van der Waals surface area contributed by atoms with E-state index in [-0.39, 0.29) is 0 Å². The van der Waals surface area contributed by atoms with Gasteiger partial charge in [-0.25, -0.2) is 9.97 Å². The standard InChI is InChI=1S/C15H16BrClN4/c1-8-13(18-2)20-15(9-6-7-9)21-14(8)19-11-5-3-4-10(17)12(11)16/h3-5,9H,6-7H2,1-2H3,(H2,18,19,20,21). The fourth-order valence-corrected chi connectivity index (χ4v) is 2.69. The molecule has 1 heterocycles. The summed E-state index contributed by atoms with van der Waals surface area (Å²) in [5, 5.41) is 7.17. The zero-order chi connectivity index (χ0) is 15.0. The molecule has 1 aliphatic carbocycles. The maximum atomic E-state index is 6.14. The molecule has 0 atom stereocenters. The number of rotatable bonds is 4. The smallest absolute Gasteiger partial charge is 0.139 e. The summed E-state index contributed by atoms with van der Waals surface area (Å²) in [4.78, 5) is 9.28. The van der Waals surface area contributed by atoms with Crippen LogP contribution in [0.3, 0.4) is 0 Å². The Morgan fingerprint density at radius 3 is 2.62 bits per heavy atom. The van der Waals surface area contributed by atoms with Crippen LogP contribution in [0.15, 0.2) is 22.7 Å². The van der Waals surface area contributed by atoms with E-state index in [1.807, 2.05) is 32.2 Å². The van der Waals surface area contributed by atoms with Crippen LogP contribution in [-0.4, -0.2) is 17.0 Å². The van der Waals surface area contributed by atoms with Crippen molar-refractivity contribution in [1.29, 1.82) is 0 Å². The highest BCUT2D eigenvalue weighted by molar-refractivity contribution is 9.10. The van der Waals surface area contributed by atoms with E-state index in [0.29, 0.717) is 10.9 Å². The van der Waals surface area contributed by atoms with Crippen molar-refractivity contribution in [3.05, 3.63) is 39.1 Å². The van der Waals surface area contributed by atoms with Crippen molar-refractivity contribution < 1.29 is 0 Å². The Kier molecular flexibility index (Phi) is 4.04. The summed E-state index contributed by atoms with van der Waals surface area (Å²) in [5.41, 5.74) is 1.89.